The van der Waals surface area contributed by atoms with Gasteiger partial charge in [0.25, 0.3) is 5.56 Å². The summed E-state index contributed by atoms with van der Waals surface area (Å²) >= 11 is 0. The number of aromatic amines is 2. The number of aryl methyl sites for hydroxylation is 1. The fourth-order valence-electron chi connectivity index (χ4n) is 3.64. The van der Waals surface area contributed by atoms with E-state index in [1.807, 2.05) is 13.0 Å². The van der Waals surface area contributed by atoms with Gasteiger partial charge in [0.05, 0.1) is 28.8 Å². The van der Waals surface area contributed by atoms with Crippen LogP contribution in [0.2, 0.25) is 0 Å². The first-order valence-corrected chi connectivity index (χ1v) is 10.7. The molecule has 10 nitrogen and oxygen atoms in total. The van der Waals surface area contributed by atoms with Crippen LogP contribution in [-0.2, 0) is 4.74 Å². The number of hydrogen-bond donors (Lipinski definition) is 3. The van der Waals surface area contributed by atoms with Crippen LogP contribution in [0.15, 0.2) is 53.8 Å². The Morgan fingerprint density at radius 2 is 2.00 bits per heavy atom. The molecule has 5 rings (SSSR count). The van der Waals surface area contributed by atoms with E-state index in [0.29, 0.717) is 47.6 Å². The first-order valence-electron chi connectivity index (χ1n) is 10.7. The number of nitrogens with one attached hydrogen (secondary N) is 3. The van der Waals surface area contributed by atoms with E-state index in [9.17, 15) is 4.79 Å². The quantitative estimate of drug-likeness (QED) is 0.412. The SMILES string of the molecule is Cc1nc(-c2cnc(NC3CCOCC3)[nH]c2=O)ccc1Oc1ccnc(-c2cn[nH]c2)c1. The summed E-state index contributed by atoms with van der Waals surface area (Å²) in [6, 6.07) is 7.39. The summed E-state index contributed by atoms with van der Waals surface area (Å²) in [6.45, 7) is 3.25. The van der Waals surface area contributed by atoms with Gasteiger partial charge in [0, 0.05) is 49.5 Å². The minimum Gasteiger partial charge on any atom is -0.455 e. The number of aromatic nitrogens is 6. The van der Waals surface area contributed by atoms with Crippen LogP contribution in [0.3, 0.4) is 0 Å². The zero-order valence-electron chi connectivity index (χ0n) is 18.0. The lowest BCUT2D eigenvalue weighted by atomic mass is 10.1. The smallest absolute Gasteiger partial charge is 0.261 e. The maximum atomic E-state index is 12.7. The second-order valence-electron chi connectivity index (χ2n) is 7.75. The molecule has 0 atom stereocenters. The van der Waals surface area contributed by atoms with Crippen molar-refractivity contribution >= 4 is 5.95 Å². The second kappa shape index (κ2) is 9.21. The fourth-order valence-corrected chi connectivity index (χ4v) is 3.64. The molecule has 0 saturated carbocycles. The summed E-state index contributed by atoms with van der Waals surface area (Å²) in [5.41, 5.74) is 2.94. The summed E-state index contributed by atoms with van der Waals surface area (Å²) in [5, 5.41) is 9.99. The maximum absolute atomic E-state index is 12.7. The highest BCUT2D eigenvalue weighted by Crippen LogP contribution is 2.28. The third kappa shape index (κ3) is 4.75. The molecule has 0 unspecified atom stereocenters. The number of H-pyrrole nitrogens is 2. The Hall–Kier alpha value is -4.05. The summed E-state index contributed by atoms with van der Waals surface area (Å²) in [7, 11) is 0. The predicted octanol–water partition coefficient (Wildman–Crippen LogP) is 3.31. The van der Waals surface area contributed by atoms with Gasteiger partial charge in [-0.25, -0.2) is 9.97 Å². The summed E-state index contributed by atoms with van der Waals surface area (Å²) in [4.78, 5) is 28.8. The Balaban J connectivity index is 1.33. The Labute approximate surface area is 189 Å². The fraction of sp³-hybridized carbons (Fsp3) is 0.261. The van der Waals surface area contributed by atoms with Crippen molar-refractivity contribution in [1.29, 1.82) is 0 Å². The lowest BCUT2D eigenvalue weighted by Gasteiger charge is -2.23. The van der Waals surface area contributed by atoms with Crippen LogP contribution < -0.4 is 15.6 Å². The lowest BCUT2D eigenvalue weighted by Crippen LogP contribution is -2.29. The van der Waals surface area contributed by atoms with Crippen LogP contribution in [0.4, 0.5) is 5.95 Å². The molecule has 0 aliphatic carbocycles. The molecule has 1 aliphatic rings. The highest BCUT2D eigenvalue weighted by molar-refractivity contribution is 5.60. The van der Waals surface area contributed by atoms with Crippen LogP contribution in [0.25, 0.3) is 22.5 Å². The van der Waals surface area contributed by atoms with E-state index in [2.05, 4.69) is 35.5 Å². The molecule has 0 bridgehead atoms. The van der Waals surface area contributed by atoms with Crippen molar-refractivity contribution in [3.8, 4) is 34.0 Å². The highest BCUT2D eigenvalue weighted by Gasteiger charge is 2.16. The lowest BCUT2D eigenvalue weighted by molar-refractivity contribution is 0.0903. The molecular formula is C23H23N7O3. The van der Waals surface area contributed by atoms with Crippen LogP contribution in [0.1, 0.15) is 18.5 Å². The van der Waals surface area contributed by atoms with Gasteiger partial charge < -0.3 is 14.8 Å². The van der Waals surface area contributed by atoms with E-state index < -0.39 is 0 Å². The van der Waals surface area contributed by atoms with Gasteiger partial charge in [-0.2, -0.15) is 5.10 Å². The van der Waals surface area contributed by atoms with Crippen LogP contribution in [-0.4, -0.2) is 49.4 Å². The summed E-state index contributed by atoms with van der Waals surface area (Å²) in [5.74, 6) is 1.67. The van der Waals surface area contributed by atoms with Crippen molar-refractivity contribution in [3.63, 3.8) is 0 Å². The molecule has 0 amide bonds. The van der Waals surface area contributed by atoms with E-state index in [1.54, 1.807) is 43.0 Å². The third-order valence-electron chi connectivity index (χ3n) is 5.43. The molecule has 1 fully saturated rings. The van der Waals surface area contributed by atoms with E-state index in [0.717, 1.165) is 24.1 Å². The van der Waals surface area contributed by atoms with Gasteiger partial charge in [0.2, 0.25) is 5.95 Å². The van der Waals surface area contributed by atoms with Crippen molar-refractivity contribution in [2.75, 3.05) is 18.5 Å². The Kier molecular flexibility index (Phi) is 5.81. The molecule has 1 aliphatic heterocycles. The molecule has 1 saturated heterocycles. The molecule has 5 heterocycles. The molecule has 3 N–H and O–H groups in total. The number of rotatable bonds is 6. The van der Waals surface area contributed by atoms with Crippen LogP contribution >= 0.6 is 0 Å². The zero-order valence-corrected chi connectivity index (χ0v) is 18.0. The average molecular weight is 445 g/mol. The van der Waals surface area contributed by atoms with E-state index in [1.165, 1.54) is 0 Å². The normalized spacial score (nSPS) is 14.2. The first-order chi connectivity index (χ1) is 16.2. The molecular weight excluding hydrogens is 422 g/mol. The number of ether oxygens (including phenoxy) is 2. The number of anilines is 1. The van der Waals surface area contributed by atoms with E-state index >= 15 is 0 Å². The minimum absolute atomic E-state index is 0.242. The highest BCUT2D eigenvalue weighted by atomic mass is 16.5. The standard InChI is InChI=1S/C23H23N7O3/c1-14-21(33-17-4-7-24-20(10-17)15-11-26-27-12-15)3-2-19(28-14)18-13-25-23(30-22(18)31)29-16-5-8-32-9-6-16/h2-4,7,10-13,16H,5-6,8-9H2,1H3,(H,26,27)(H2,25,29,30,31). The topological polar surface area (TPSA) is 131 Å². The molecule has 10 heteroatoms. The van der Waals surface area contributed by atoms with Gasteiger partial charge in [-0.3, -0.25) is 19.9 Å². The predicted molar refractivity (Wildman–Crippen MR) is 122 cm³/mol. The van der Waals surface area contributed by atoms with Crippen molar-refractivity contribution in [1.82, 2.24) is 30.1 Å². The summed E-state index contributed by atoms with van der Waals surface area (Å²) in [6.07, 6.45) is 8.45. The van der Waals surface area contributed by atoms with Crippen LogP contribution in [0, 0.1) is 6.92 Å². The average Bonchev–Trinajstić information content (AvgIpc) is 3.37. The molecule has 4 aromatic rings. The van der Waals surface area contributed by atoms with Gasteiger partial charge in [-0.05, 0) is 38.0 Å². The maximum Gasteiger partial charge on any atom is 0.261 e. The van der Waals surface area contributed by atoms with Crippen LogP contribution in [0.5, 0.6) is 11.5 Å². The molecule has 0 radical (unpaired) electrons. The van der Waals surface area contributed by atoms with Crippen molar-refractivity contribution in [3.05, 3.63) is 65.1 Å². The minimum atomic E-state index is -0.251. The number of pyridine rings is 2. The van der Waals surface area contributed by atoms with Crippen molar-refractivity contribution in [2.24, 2.45) is 0 Å². The van der Waals surface area contributed by atoms with Gasteiger partial charge in [-0.15, -0.1) is 0 Å². The second-order valence-corrected chi connectivity index (χ2v) is 7.75. The molecule has 33 heavy (non-hydrogen) atoms. The largest absolute Gasteiger partial charge is 0.455 e. The Morgan fingerprint density at radius 3 is 2.76 bits per heavy atom. The molecule has 0 spiro atoms. The van der Waals surface area contributed by atoms with Gasteiger partial charge >= 0.3 is 0 Å². The summed E-state index contributed by atoms with van der Waals surface area (Å²) < 4.78 is 11.4. The third-order valence-corrected chi connectivity index (χ3v) is 5.43. The van der Waals surface area contributed by atoms with E-state index in [-0.39, 0.29) is 11.6 Å². The Bertz CT molecular complexity index is 1300. The Morgan fingerprint density at radius 1 is 1.12 bits per heavy atom. The molecule has 4 aromatic heterocycles. The number of nitrogens with zero attached hydrogens (tertiary/aromatic N) is 4. The number of hydrogen-bond acceptors (Lipinski definition) is 8. The first kappa shape index (κ1) is 20.8. The van der Waals surface area contributed by atoms with Crippen molar-refractivity contribution < 1.29 is 9.47 Å². The zero-order chi connectivity index (χ0) is 22.6. The molecule has 168 valence electrons. The van der Waals surface area contributed by atoms with Gasteiger partial charge in [0.1, 0.15) is 11.5 Å². The van der Waals surface area contributed by atoms with Crippen molar-refractivity contribution in [2.45, 2.75) is 25.8 Å². The van der Waals surface area contributed by atoms with Gasteiger partial charge in [-0.1, -0.05) is 0 Å². The monoisotopic (exact) mass is 445 g/mol. The van der Waals surface area contributed by atoms with Gasteiger partial charge in [0.15, 0.2) is 0 Å². The molecule has 0 aromatic carbocycles. The van der Waals surface area contributed by atoms with E-state index in [4.69, 9.17) is 9.47 Å².